The molecule has 0 fully saturated rings. The van der Waals surface area contributed by atoms with E-state index in [1.165, 1.54) is 8.61 Å². The van der Waals surface area contributed by atoms with Gasteiger partial charge in [-0.05, 0) is 68.9 Å². The molecular weight excluding hydrogens is 820 g/mol. The molecule has 0 bridgehead atoms. The summed E-state index contributed by atoms with van der Waals surface area (Å²) in [7, 11) is -7.88. The molecule has 0 heterocycles. The number of allylic oxidation sites excluding steroid dienone is 2. The molecule has 2 aromatic rings. The summed E-state index contributed by atoms with van der Waals surface area (Å²) in [6.07, 6.45) is 11.1. The van der Waals surface area contributed by atoms with Crippen LogP contribution < -0.4 is 0 Å². The second-order valence-electron chi connectivity index (χ2n) is 15.4. The van der Waals surface area contributed by atoms with E-state index in [0.717, 1.165) is 33.4 Å². The van der Waals surface area contributed by atoms with Crippen molar-refractivity contribution in [3.8, 4) is 0 Å². The van der Waals surface area contributed by atoms with Gasteiger partial charge in [0.25, 0.3) is 0 Å². The number of hydrogen-bond acceptors (Lipinski definition) is 4. The smallest absolute Gasteiger partial charge is 0.207 e. The predicted octanol–water partition coefficient (Wildman–Crippen LogP) is 11.6. The minimum atomic E-state index is -3.94. The van der Waals surface area contributed by atoms with Gasteiger partial charge in [0.05, 0.1) is 9.79 Å². The Kier molecular flexibility index (Phi) is 18.8. The molecule has 2 rings (SSSR count). The zero-order valence-electron chi connectivity index (χ0n) is 33.6. The first-order valence-electron chi connectivity index (χ1n) is 18.7. The molecule has 0 radical (unpaired) electrons. The summed E-state index contributed by atoms with van der Waals surface area (Å²) in [4.78, 5) is 0.776. The van der Waals surface area contributed by atoms with E-state index in [4.69, 9.17) is 0 Å². The highest BCUT2D eigenvalue weighted by molar-refractivity contribution is 9.09. The monoisotopic (exact) mass is 882 g/mol. The number of benzene rings is 2. The SMILES string of the molecule is CC(C)c1cc(C(C)C)c(S(=O)(=O)N(C/C=C/CBr)C/C=C/CN(C/C=C/CBr)S(=O)(=O)c2c(C(C)C)cc(C(C)C)cc2C(C)C)c(C(C)C)c1. The first-order valence-corrected chi connectivity index (χ1v) is 23.8. The van der Waals surface area contributed by atoms with Crippen molar-refractivity contribution < 1.29 is 16.8 Å². The number of sulfonamides is 2. The van der Waals surface area contributed by atoms with Gasteiger partial charge in [0.15, 0.2) is 0 Å². The lowest BCUT2D eigenvalue weighted by Crippen LogP contribution is -2.34. The number of alkyl halides is 2. The zero-order valence-corrected chi connectivity index (χ0v) is 38.4. The fraction of sp³-hybridized carbons (Fsp3) is 0.571. The number of hydrogen-bond donors (Lipinski definition) is 0. The van der Waals surface area contributed by atoms with Crippen molar-refractivity contribution in [3.05, 3.63) is 94.1 Å². The van der Waals surface area contributed by atoms with Gasteiger partial charge in [-0.3, -0.25) is 0 Å². The van der Waals surface area contributed by atoms with Crippen LogP contribution >= 0.6 is 31.9 Å². The van der Waals surface area contributed by atoms with E-state index in [1.807, 2.05) is 79.7 Å². The Morgan fingerprint density at radius 1 is 0.442 bits per heavy atom. The summed E-state index contributed by atoms with van der Waals surface area (Å²) in [5.74, 6) is 0.538. The fourth-order valence-corrected chi connectivity index (χ4v) is 10.6. The van der Waals surface area contributed by atoms with Crippen molar-refractivity contribution in [1.82, 2.24) is 8.61 Å². The number of nitrogens with zero attached hydrogens (tertiary/aromatic N) is 2. The van der Waals surface area contributed by atoms with Crippen LogP contribution in [0.25, 0.3) is 0 Å². The van der Waals surface area contributed by atoms with Crippen molar-refractivity contribution in [1.29, 1.82) is 0 Å². The lowest BCUT2D eigenvalue weighted by atomic mass is 9.89. The Bertz CT molecular complexity index is 1590. The molecule has 52 heavy (non-hydrogen) atoms. The fourth-order valence-electron chi connectivity index (χ4n) is 6.07. The summed E-state index contributed by atoms with van der Waals surface area (Å²) in [5.41, 5.74) is 5.58. The van der Waals surface area contributed by atoms with E-state index in [0.29, 0.717) is 20.5 Å². The van der Waals surface area contributed by atoms with Crippen molar-refractivity contribution in [2.45, 2.75) is 128 Å². The average molecular weight is 885 g/mol. The quantitative estimate of drug-likeness (QED) is 0.0981. The molecule has 0 N–H and O–H groups in total. The van der Waals surface area contributed by atoms with E-state index in [9.17, 15) is 16.8 Å². The summed E-state index contributed by atoms with van der Waals surface area (Å²) >= 11 is 6.84. The lowest BCUT2D eigenvalue weighted by molar-refractivity contribution is 0.462. The van der Waals surface area contributed by atoms with E-state index >= 15 is 0 Å². The van der Waals surface area contributed by atoms with Crippen LogP contribution in [0.15, 0.2) is 70.5 Å². The van der Waals surface area contributed by atoms with Crippen LogP contribution in [0.2, 0.25) is 0 Å². The molecule has 0 aliphatic rings. The van der Waals surface area contributed by atoms with Crippen molar-refractivity contribution in [2.24, 2.45) is 0 Å². The Morgan fingerprint density at radius 2 is 0.673 bits per heavy atom. The molecule has 2 aromatic carbocycles. The van der Waals surface area contributed by atoms with Gasteiger partial charge in [-0.15, -0.1) is 0 Å². The highest BCUT2D eigenvalue weighted by Gasteiger charge is 2.33. The standard InChI is InChI=1S/C42H64Br2N2O4S2/c1-29(2)35-25-37(31(5)6)41(38(26-35)32(7)8)51(47,48)45(21-15-13-19-43)23-17-18-24-46(22-16-14-20-44)52(49,50)42-39(33(9)10)27-36(30(3)4)28-40(42)34(11)12/h13-18,25-34H,19-24H2,1-12H3/b15-13+,16-14+,18-17+. The van der Waals surface area contributed by atoms with Crippen molar-refractivity contribution >= 4 is 51.9 Å². The van der Waals surface area contributed by atoms with Crippen molar-refractivity contribution in [2.75, 3.05) is 36.8 Å². The Morgan fingerprint density at radius 3 is 0.865 bits per heavy atom. The summed E-state index contributed by atoms with van der Waals surface area (Å²) in [6.45, 7) is 25.4. The van der Waals surface area contributed by atoms with E-state index in [1.54, 1.807) is 12.2 Å². The maximum Gasteiger partial charge on any atom is 0.244 e. The van der Waals surface area contributed by atoms with Crippen LogP contribution in [-0.2, 0) is 20.0 Å². The van der Waals surface area contributed by atoms with Gasteiger partial charge < -0.3 is 0 Å². The Balaban J connectivity index is 2.69. The molecule has 0 saturated heterocycles. The van der Waals surface area contributed by atoms with E-state index in [-0.39, 0.29) is 61.7 Å². The first kappa shape index (κ1) is 46.6. The van der Waals surface area contributed by atoms with Gasteiger partial charge in [0.1, 0.15) is 0 Å². The molecular formula is C42H64Br2N2O4S2. The zero-order chi connectivity index (χ0) is 39.6. The highest BCUT2D eigenvalue weighted by Crippen LogP contribution is 2.38. The molecule has 0 saturated carbocycles. The summed E-state index contributed by atoms with van der Waals surface area (Å²) < 4.78 is 61.8. The van der Waals surface area contributed by atoms with Crippen LogP contribution in [0.1, 0.15) is 152 Å². The third kappa shape index (κ3) is 12.0. The maximum absolute atomic E-state index is 14.7. The molecule has 0 aromatic heterocycles. The summed E-state index contributed by atoms with van der Waals surface area (Å²) in [5, 5.41) is 1.22. The van der Waals surface area contributed by atoms with E-state index < -0.39 is 20.0 Å². The lowest BCUT2D eigenvalue weighted by Gasteiger charge is -2.28. The first-order chi connectivity index (χ1) is 24.2. The minimum Gasteiger partial charge on any atom is -0.207 e. The topological polar surface area (TPSA) is 74.8 Å². The Hall–Kier alpha value is -1.56. The van der Waals surface area contributed by atoms with Crippen LogP contribution in [0.3, 0.4) is 0 Å². The third-order valence-corrected chi connectivity index (χ3v) is 13.9. The second kappa shape index (κ2) is 20.9. The van der Waals surface area contributed by atoms with Crippen LogP contribution in [0.5, 0.6) is 0 Å². The molecule has 0 amide bonds. The van der Waals surface area contributed by atoms with Gasteiger partial charge in [0, 0.05) is 36.8 Å². The average Bonchev–Trinajstić information content (AvgIpc) is 3.06. The van der Waals surface area contributed by atoms with E-state index in [2.05, 4.69) is 83.8 Å². The summed E-state index contributed by atoms with van der Waals surface area (Å²) in [6, 6.07) is 8.24. The predicted molar refractivity (Wildman–Crippen MR) is 230 cm³/mol. The molecule has 0 unspecified atom stereocenters. The second-order valence-corrected chi connectivity index (χ2v) is 20.4. The van der Waals surface area contributed by atoms with Gasteiger partial charge >= 0.3 is 0 Å². The van der Waals surface area contributed by atoms with Gasteiger partial charge in [-0.25, -0.2) is 16.8 Å². The van der Waals surface area contributed by atoms with Crippen LogP contribution in [-0.4, -0.2) is 62.3 Å². The van der Waals surface area contributed by atoms with Crippen molar-refractivity contribution in [3.63, 3.8) is 0 Å². The Labute approximate surface area is 334 Å². The largest absolute Gasteiger partial charge is 0.244 e. The van der Waals surface area contributed by atoms with Crippen LogP contribution in [0.4, 0.5) is 0 Å². The molecule has 0 spiro atoms. The third-order valence-electron chi connectivity index (χ3n) is 9.27. The van der Waals surface area contributed by atoms with Crippen LogP contribution in [0, 0.1) is 0 Å². The van der Waals surface area contributed by atoms with Gasteiger partial charge in [0.2, 0.25) is 20.0 Å². The number of rotatable bonds is 20. The highest BCUT2D eigenvalue weighted by atomic mass is 79.9. The molecule has 292 valence electrons. The normalized spacial score (nSPS) is 13.6. The molecule has 6 nitrogen and oxygen atoms in total. The maximum atomic E-state index is 14.7. The number of halogens is 2. The molecule has 0 aliphatic carbocycles. The molecule has 10 heteroatoms. The minimum absolute atomic E-state index is 0.00357. The molecule has 0 aliphatic heterocycles. The van der Waals surface area contributed by atoms with Gasteiger partial charge in [-0.2, -0.15) is 8.61 Å². The van der Waals surface area contributed by atoms with Gasteiger partial charge in [-0.1, -0.05) is 176 Å². The molecule has 0 atom stereocenters.